The Labute approximate surface area is 159 Å². The van der Waals surface area contributed by atoms with Gasteiger partial charge >= 0.3 is 5.97 Å². The zero-order chi connectivity index (χ0) is 18.7. The minimum atomic E-state index is -0.132. The van der Waals surface area contributed by atoms with Crippen molar-refractivity contribution in [2.45, 2.75) is 97.7 Å². The molecule has 0 amide bonds. The summed E-state index contributed by atoms with van der Waals surface area (Å²) in [7, 11) is 0. The fourth-order valence-corrected chi connectivity index (χ4v) is 8.39. The van der Waals surface area contributed by atoms with Gasteiger partial charge in [-0.2, -0.15) is 0 Å². The van der Waals surface area contributed by atoms with Gasteiger partial charge in [0.2, 0.25) is 0 Å². The van der Waals surface area contributed by atoms with Gasteiger partial charge in [0.05, 0.1) is 6.10 Å². The number of aliphatic hydroxyl groups is 1. The highest BCUT2D eigenvalue weighted by molar-refractivity contribution is 5.66. The second kappa shape index (κ2) is 6.50. The summed E-state index contributed by atoms with van der Waals surface area (Å²) >= 11 is 0. The molecule has 3 heteroatoms. The molecule has 0 bridgehead atoms. The quantitative estimate of drug-likeness (QED) is 0.706. The van der Waals surface area contributed by atoms with Gasteiger partial charge in [-0.15, -0.1) is 0 Å². The third kappa shape index (κ3) is 2.75. The van der Waals surface area contributed by atoms with E-state index in [-0.39, 0.29) is 18.2 Å². The number of rotatable bonds is 2. The van der Waals surface area contributed by atoms with E-state index in [9.17, 15) is 9.90 Å². The predicted octanol–water partition coefficient (Wildman–Crippen LogP) is 4.96. The van der Waals surface area contributed by atoms with E-state index in [0.717, 1.165) is 36.5 Å². The maximum absolute atomic E-state index is 11.5. The van der Waals surface area contributed by atoms with E-state index in [1.165, 1.54) is 44.9 Å². The normalized spacial score (nSPS) is 51.7. The van der Waals surface area contributed by atoms with E-state index in [2.05, 4.69) is 20.8 Å². The summed E-state index contributed by atoms with van der Waals surface area (Å²) in [6, 6.07) is 0. The van der Waals surface area contributed by atoms with Crippen molar-refractivity contribution >= 4 is 5.97 Å². The summed E-state index contributed by atoms with van der Waals surface area (Å²) in [6.45, 7) is 8.72. The van der Waals surface area contributed by atoms with Crippen LogP contribution in [0.1, 0.15) is 85.5 Å². The monoisotopic (exact) mass is 362 g/mol. The van der Waals surface area contributed by atoms with Crippen LogP contribution in [0.15, 0.2) is 0 Å². The lowest BCUT2D eigenvalue weighted by Gasteiger charge is -2.61. The first-order valence-electron chi connectivity index (χ1n) is 11.1. The topological polar surface area (TPSA) is 46.5 Å². The van der Waals surface area contributed by atoms with Crippen molar-refractivity contribution in [3.63, 3.8) is 0 Å². The van der Waals surface area contributed by atoms with Crippen molar-refractivity contribution in [2.24, 2.45) is 40.4 Å². The second-order valence-electron chi connectivity index (χ2n) is 10.6. The van der Waals surface area contributed by atoms with Gasteiger partial charge in [-0.1, -0.05) is 13.8 Å². The van der Waals surface area contributed by atoms with E-state index in [1.54, 1.807) is 6.92 Å². The Morgan fingerprint density at radius 2 is 1.69 bits per heavy atom. The molecule has 4 aliphatic carbocycles. The van der Waals surface area contributed by atoms with Gasteiger partial charge in [-0.05, 0) is 99.2 Å². The van der Waals surface area contributed by atoms with Gasteiger partial charge in [-0.25, -0.2) is 0 Å². The predicted molar refractivity (Wildman–Crippen MR) is 102 cm³/mol. The van der Waals surface area contributed by atoms with Gasteiger partial charge in [0, 0.05) is 12.8 Å². The molecule has 0 aliphatic heterocycles. The molecule has 4 fully saturated rings. The van der Waals surface area contributed by atoms with E-state index in [1.807, 2.05) is 0 Å². The van der Waals surface area contributed by atoms with Crippen LogP contribution < -0.4 is 0 Å². The van der Waals surface area contributed by atoms with Crippen molar-refractivity contribution in [3.05, 3.63) is 0 Å². The van der Waals surface area contributed by atoms with E-state index in [0.29, 0.717) is 16.7 Å². The summed E-state index contributed by atoms with van der Waals surface area (Å²) in [6.07, 6.45) is 11.1. The molecule has 148 valence electrons. The number of ether oxygens (including phenoxy) is 1. The molecular formula is C23H38O3. The molecule has 0 aromatic heterocycles. The average Bonchev–Trinajstić information content (AvgIpc) is 2.92. The summed E-state index contributed by atoms with van der Waals surface area (Å²) < 4.78 is 5.64. The molecule has 9 atom stereocenters. The van der Waals surface area contributed by atoms with Gasteiger partial charge in [0.25, 0.3) is 0 Å². The third-order valence-electron chi connectivity index (χ3n) is 9.63. The molecule has 4 aliphatic rings. The molecule has 0 heterocycles. The van der Waals surface area contributed by atoms with E-state index >= 15 is 0 Å². The van der Waals surface area contributed by atoms with Crippen LogP contribution >= 0.6 is 0 Å². The van der Waals surface area contributed by atoms with Crippen LogP contribution in [0.3, 0.4) is 0 Å². The Bertz CT molecular complexity index is 560. The third-order valence-corrected chi connectivity index (χ3v) is 9.63. The highest BCUT2D eigenvalue weighted by Gasteiger charge is 2.60. The summed E-state index contributed by atoms with van der Waals surface area (Å²) in [5.41, 5.74) is 0.788. The van der Waals surface area contributed by atoms with Crippen LogP contribution in [0.5, 0.6) is 0 Å². The van der Waals surface area contributed by atoms with Crippen molar-refractivity contribution in [1.29, 1.82) is 0 Å². The molecule has 1 N–H and O–H groups in total. The molecule has 0 aromatic carbocycles. The number of fused-ring (bicyclic) bond motifs is 5. The highest BCUT2D eigenvalue weighted by atomic mass is 16.5. The Balaban J connectivity index is 1.55. The van der Waals surface area contributed by atoms with Gasteiger partial charge < -0.3 is 9.84 Å². The van der Waals surface area contributed by atoms with Gasteiger partial charge in [-0.3, -0.25) is 4.79 Å². The lowest BCUT2D eigenvalue weighted by atomic mass is 9.44. The first kappa shape index (κ1) is 18.8. The maximum Gasteiger partial charge on any atom is 0.302 e. The lowest BCUT2D eigenvalue weighted by molar-refractivity contribution is -0.156. The zero-order valence-electron chi connectivity index (χ0n) is 17.2. The molecule has 26 heavy (non-hydrogen) atoms. The van der Waals surface area contributed by atoms with E-state index in [4.69, 9.17) is 4.74 Å². The summed E-state index contributed by atoms with van der Waals surface area (Å²) in [5.74, 6) is 3.61. The van der Waals surface area contributed by atoms with E-state index < -0.39 is 0 Å². The lowest BCUT2D eigenvalue weighted by Crippen LogP contribution is -2.54. The maximum atomic E-state index is 11.5. The first-order chi connectivity index (χ1) is 12.3. The molecule has 0 spiro atoms. The van der Waals surface area contributed by atoms with Crippen LogP contribution in [-0.2, 0) is 9.53 Å². The second-order valence-corrected chi connectivity index (χ2v) is 10.6. The van der Waals surface area contributed by atoms with Crippen molar-refractivity contribution in [3.8, 4) is 0 Å². The fourth-order valence-electron chi connectivity index (χ4n) is 8.39. The zero-order valence-corrected chi connectivity index (χ0v) is 17.2. The van der Waals surface area contributed by atoms with Crippen molar-refractivity contribution in [2.75, 3.05) is 0 Å². The number of carbonyl (C=O) groups excluding carboxylic acids is 1. The number of hydrogen-bond donors (Lipinski definition) is 1. The Hall–Kier alpha value is -0.570. The van der Waals surface area contributed by atoms with Crippen molar-refractivity contribution in [1.82, 2.24) is 0 Å². The summed E-state index contributed by atoms with van der Waals surface area (Å²) in [5, 5.41) is 10.2. The van der Waals surface area contributed by atoms with Gasteiger partial charge in [0.15, 0.2) is 0 Å². The Morgan fingerprint density at radius 1 is 1.00 bits per heavy atom. The molecule has 0 aromatic rings. The molecule has 7 unspecified atom stereocenters. The number of esters is 1. The standard InChI is InChI=1S/C23H38O3/c1-14(26-15(2)24)19-7-8-20-18-6-5-16-13-17(25)9-11-22(16,3)21(18)10-12-23(19,20)4/h14,16-21,25H,5-13H2,1-4H3/t14-,16?,17?,18?,19?,20?,21?,22+,23?/m1/s1. The fraction of sp³-hybridized carbons (Fsp3) is 0.957. The molecule has 0 radical (unpaired) electrons. The Kier molecular flexibility index (Phi) is 4.69. The minimum absolute atomic E-state index is 0.0517. The average molecular weight is 363 g/mol. The number of aliphatic hydroxyl groups excluding tert-OH is 1. The SMILES string of the molecule is CC(=O)O[C@H](C)C1CCC2C3CCC4CC(O)CC[C@]4(C)C3CCC21C. The first-order valence-corrected chi connectivity index (χ1v) is 11.1. The number of carbonyl (C=O) groups is 1. The molecule has 3 nitrogen and oxygen atoms in total. The minimum Gasteiger partial charge on any atom is -0.463 e. The van der Waals surface area contributed by atoms with Crippen LogP contribution in [0.4, 0.5) is 0 Å². The largest absolute Gasteiger partial charge is 0.463 e. The summed E-state index contributed by atoms with van der Waals surface area (Å²) in [4.78, 5) is 11.5. The molecule has 0 saturated heterocycles. The van der Waals surface area contributed by atoms with Crippen LogP contribution in [0, 0.1) is 40.4 Å². The van der Waals surface area contributed by atoms with Crippen LogP contribution in [0.25, 0.3) is 0 Å². The van der Waals surface area contributed by atoms with Gasteiger partial charge in [0.1, 0.15) is 6.10 Å². The highest BCUT2D eigenvalue weighted by Crippen LogP contribution is 2.67. The van der Waals surface area contributed by atoms with Crippen LogP contribution in [0.2, 0.25) is 0 Å². The van der Waals surface area contributed by atoms with Crippen LogP contribution in [-0.4, -0.2) is 23.3 Å². The van der Waals surface area contributed by atoms with Crippen molar-refractivity contribution < 1.29 is 14.6 Å². The molecular weight excluding hydrogens is 324 g/mol. The molecule has 4 rings (SSSR count). The Morgan fingerprint density at radius 3 is 2.42 bits per heavy atom. The number of hydrogen-bond acceptors (Lipinski definition) is 3. The smallest absolute Gasteiger partial charge is 0.302 e. The molecule has 4 saturated carbocycles.